The van der Waals surface area contributed by atoms with Crippen LogP contribution < -0.4 is 21.1 Å². The summed E-state index contributed by atoms with van der Waals surface area (Å²) < 4.78 is 5.37. The Morgan fingerprint density at radius 3 is 2.50 bits per heavy atom. The molecule has 0 aliphatic heterocycles. The molecule has 0 unspecified atom stereocenters. The van der Waals surface area contributed by atoms with Gasteiger partial charge in [-0.1, -0.05) is 18.2 Å². The van der Waals surface area contributed by atoms with Crippen LogP contribution in [0.4, 0.5) is 0 Å². The van der Waals surface area contributed by atoms with Crippen LogP contribution in [0.15, 0.2) is 58.2 Å². The summed E-state index contributed by atoms with van der Waals surface area (Å²) in [7, 11) is 0. The Balaban J connectivity index is 1.55. The van der Waals surface area contributed by atoms with Crippen molar-refractivity contribution >= 4 is 34.3 Å². The van der Waals surface area contributed by atoms with Crippen molar-refractivity contribution in [1.82, 2.24) is 21.0 Å². The number of nitrogens with one attached hydrogen (secondary N) is 3. The summed E-state index contributed by atoms with van der Waals surface area (Å²) in [6.45, 7) is 2.50. The summed E-state index contributed by atoms with van der Waals surface area (Å²) in [5, 5.41) is 6.81. The molecule has 1 aromatic heterocycles. The lowest BCUT2D eigenvalue weighted by molar-refractivity contribution is -0.119. The number of amides is 2. The molecule has 0 saturated heterocycles. The van der Waals surface area contributed by atoms with E-state index >= 15 is 0 Å². The number of ether oxygens (including phenoxy) is 1. The van der Waals surface area contributed by atoms with Gasteiger partial charge in [0.05, 0.1) is 17.7 Å². The van der Waals surface area contributed by atoms with Gasteiger partial charge in [0.25, 0.3) is 11.5 Å². The largest absolute Gasteiger partial charge is 0.494 e. The molecule has 3 N–H and O–H groups in total. The summed E-state index contributed by atoms with van der Waals surface area (Å²) in [5.41, 5.74) is 4.30. The number of thioether (sulfide) groups is 1. The van der Waals surface area contributed by atoms with Gasteiger partial charge in [0.2, 0.25) is 5.91 Å². The molecule has 0 spiro atoms. The van der Waals surface area contributed by atoms with E-state index in [0.717, 1.165) is 10.6 Å². The molecule has 144 valence electrons. The number of hydrogen-bond acceptors (Lipinski definition) is 6. The van der Waals surface area contributed by atoms with Gasteiger partial charge in [-0.25, -0.2) is 5.10 Å². The van der Waals surface area contributed by atoms with Crippen LogP contribution in [0.1, 0.15) is 17.4 Å². The minimum absolute atomic E-state index is 0.0228. The first-order chi connectivity index (χ1) is 13.6. The SMILES string of the molecule is CCOc1ccc(SCC(=O)NNC(=O)c2n[nH]c(=O)c3ccccc23)cc1. The first-order valence-corrected chi connectivity index (χ1v) is 9.49. The predicted octanol–water partition coefficient (Wildman–Crippen LogP) is 1.88. The van der Waals surface area contributed by atoms with E-state index in [2.05, 4.69) is 21.0 Å². The zero-order valence-corrected chi connectivity index (χ0v) is 15.8. The van der Waals surface area contributed by atoms with E-state index in [0.29, 0.717) is 17.4 Å². The van der Waals surface area contributed by atoms with Gasteiger partial charge in [0.15, 0.2) is 5.69 Å². The van der Waals surface area contributed by atoms with Gasteiger partial charge in [0, 0.05) is 10.3 Å². The Hall–Kier alpha value is -3.33. The van der Waals surface area contributed by atoms with E-state index < -0.39 is 5.91 Å². The number of rotatable bonds is 6. The number of hydrogen-bond donors (Lipinski definition) is 3. The Morgan fingerprint density at radius 1 is 1.07 bits per heavy atom. The Labute approximate surface area is 164 Å². The molecule has 0 aliphatic carbocycles. The summed E-state index contributed by atoms with van der Waals surface area (Å²) in [5.74, 6) is -0.106. The maximum atomic E-state index is 12.3. The van der Waals surface area contributed by atoms with Gasteiger partial charge in [-0.15, -0.1) is 11.8 Å². The van der Waals surface area contributed by atoms with Crippen LogP contribution in [-0.4, -0.2) is 34.4 Å². The first-order valence-electron chi connectivity index (χ1n) is 8.50. The maximum absolute atomic E-state index is 12.3. The number of aromatic amines is 1. The molecular weight excluding hydrogens is 380 g/mol. The second-order valence-corrected chi connectivity index (χ2v) is 6.69. The molecule has 0 saturated carbocycles. The normalized spacial score (nSPS) is 10.5. The van der Waals surface area contributed by atoms with Crippen LogP contribution in [0.25, 0.3) is 10.8 Å². The summed E-state index contributed by atoms with van der Waals surface area (Å²) in [4.78, 5) is 37.0. The van der Waals surface area contributed by atoms with Crippen LogP contribution in [0.3, 0.4) is 0 Å². The van der Waals surface area contributed by atoms with E-state index in [1.165, 1.54) is 11.8 Å². The van der Waals surface area contributed by atoms with Crippen molar-refractivity contribution in [2.45, 2.75) is 11.8 Å². The highest BCUT2D eigenvalue weighted by Gasteiger charge is 2.14. The lowest BCUT2D eigenvalue weighted by Gasteiger charge is -2.08. The Bertz CT molecular complexity index is 1050. The lowest BCUT2D eigenvalue weighted by atomic mass is 10.1. The molecule has 0 aliphatic rings. The molecule has 8 nitrogen and oxygen atoms in total. The quantitative estimate of drug-likeness (QED) is 0.432. The summed E-state index contributed by atoms with van der Waals surface area (Å²) in [6, 6.07) is 14.0. The lowest BCUT2D eigenvalue weighted by Crippen LogP contribution is -2.43. The summed E-state index contributed by atoms with van der Waals surface area (Å²) >= 11 is 1.33. The Kier molecular flexibility index (Phi) is 6.28. The monoisotopic (exact) mass is 398 g/mol. The molecule has 3 rings (SSSR count). The van der Waals surface area contributed by atoms with Crippen LogP contribution in [0.5, 0.6) is 5.75 Å². The van der Waals surface area contributed by atoms with E-state index in [9.17, 15) is 14.4 Å². The van der Waals surface area contributed by atoms with Gasteiger partial charge in [-0.2, -0.15) is 5.10 Å². The molecular formula is C19H18N4O4S. The smallest absolute Gasteiger partial charge is 0.290 e. The molecule has 2 amide bonds. The van der Waals surface area contributed by atoms with Crippen molar-refractivity contribution in [2.75, 3.05) is 12.4 Å². The number of benzene rings is 2. The molecule has 28 heavy (non-hydrogen) atoms. The molecule has 0 fully saturated rings. The number of H-pyrrole nitrogens is 1. The molecule has 0 bridgehead atoms. The number of nitrogens with zero attached hydrogens (tertiary/aromatic N) is 1. The highest BCUT2D eigenvalue weighted by atomic mass is 32.2. The fourth-order valence-corrected chi connectivity index (χ4v) is 3.16. The molecule has 0 atom stereocenters. The van der Waals surface area contributed by atoms with Crippen molar-refractivity contribution in [3.05, 3.63) is 64.6 Å². The van der Waals surface area contributed by atoms with E-state index in [1.54, 1.807) is 24.3 Å². The standard InChI is InChI=1S/C19H18N4O4S/c1-2-27-12-7-9-13(10-8-12)28-11-16(24)20-23-19(26)17-14-5-3-4-6-15(14)18(25)22-21-17/h3-10H,2,11H2,1H3,(H,20,24)(H,22,25)(H,23,26). The van der Waals surface area contributed by atoms with E-state index in [1.807, 2.05) is 31.2 Å². The Morgan fingerprint density at radius 2 is 1.79 bits per heavy atom. The zero-order valence-electron chi connectivity index (χ0n) is 15.0. The minimum Gasteiger partial charge on any atom is -0.494 e. The number of carbonyl (C=O) groups is 2. The van der Waals surface area contributed by atoms with Crippen LogP contribution in [0, 0.1) is 0 Å². The second-order valence-electron chi connectivity index (χ2n) is 5.64. The zero-order chi connectivity index (χ0) is 19.9. The number of fused-ring (bicyclic) bond motifs is 1. The van der Waals surface area contributed by atoms with Crippen molar-refractivity contribution in [3.63, 3.8) is 0 Å². The molecule has 9 heteroatoms. The summed E-state index contributed by atoms with van der Waals surface area (Å²) in [6.07, 6.45) is 0. The molecule has 2 aromatic carbocycles. The number of hydrazine groups is 1. The van der Waals surface area contributed by atoms with Gasteiger partial charge in [-0.3, -0.25) is 25.2 Å². The first kappa shape index (κ1) is 19.4. The van der Waals surface area contributed by atoms with Crippen LogP contribution in [-0.2, 0) is 4.79 Å². The maximum Gasteiger partial charge on any atom is 0.290 e. The molecule has 1 heterocycles. The fraction of sp³-hybridized carbons (Fsp3) is 0.158. The topological polar surface area (TPSA) is 113 Å². The van der Waals surface area contributed by atoms with Crippen molar-refractivity contribution in [1.29, 1.82) is 0 Å². The highest BCUT2D eigenvalue weighted by Crippen LogP contribution is 2.21. The average Bonchev–Trinajstić information content (AvgIpc) is 2.72. The molecule has 3 aromatic rings. The molecule has 0 radical (unpaired) electrons. The predicted molar refractivity (Wildman–Crippen MR) is 106 cm³/mol. The number of aromatic nitrogens is 2. The van der Waals surface area contributed by atoms with Gasteiger partial charge in [0.1, 0.15) is 5.75 Å². The van der Waals surface area contributed by atoms with E-state index in [-0.39, 0.29) is 22.9 Å². The van der Waals surface area contributed by atoms with Crippen molar-refractivity contribution in [3.8, 4) is 5.75 Å². The minimum atomic E-state index is -0.619. The van der Waals surface area contributed by atoms with E-state index in [4.69, 9.17) is 4.74 Å². The third-order valence-corrected chi connectivity index (χ3v) is 4.74. The van der Waals surface area contributed by atoms with Crippen molar-refractivity contribution in [2.24, 2.45) is 0 Å². The highest BCUT2D eigenvalue weighted by molar-refractivity contribution is 8.00. The van der Waals surface area contributed by atoms with Crippen molar-refractivity contribution < 1.29 is 14.3 Å². The fourth-order valence-electron chi connectivity index (χ4n) is 2.46. The van der Waals surface area contributed by atoms with Crippen LogP contribution >= 0.6 is 11.8 Å². The number of carbonyl (C=O) groups excluding carboxylic acids is 2. The van der Waals surface area contributed by atoms with Gasteiger partial charge < -0.3 is 4.74 Å². The van der Waals surface area contributed by atoms with Gasteiger partial charge >= 0.3 is 0 Å². The third kappa shape index (κ3) is 4.68. The van der Waals surface area contributed by atoms with Gasteiger partial charge in [-0.05, 0) is 37.3 Å². The third-order valence-electron chi connectivity index (χ3n) is 3.73. The average molecular weight is 398 g/mol. The van der Waals surface area contributed by atoms with Crippen LogP contribution in [0.2, 0.25) is 0 Å². The second kappa shape index (κ2) is 9.05.